The highest BCUT2D eigenvalue weighted by Crippen LogP contribution is 2.19. The largest absolute Gasteiger partial charge is 0.467 e. The van der Waals surface area contributed by atoms with Gasteiger partial charge in [0.15, 0.2) is 0 Å². The molecule has 4 heterocycles. The SMILES string of the molecule is Cc1nc(NCc2ccco2)cc(N2CCN(c3ncccn3)CC2)n1. The van der Waals surface area contributed by atoms with Gasteiger partial charge in [-0.05, 0) is 25.1 Å². The predicted octanol–water partition coefficient (Wildman–Crippen LogP) is 2.11. The van der Waals surface area contributed by atoms with Crippen molar-refractivity contribution in [2.24, 2.45) is 0 Å². The minimum atomic E-state index is 0.599. The zero-order valence-electron chi connectivity index (χ0n) is 14.7. The molecule has 1 saturated heterocycles. The summed E-state index contributed by atoms with van der Waals surface area (Å²) in [5.74, 6) is 4.15. The van der Waals surface area contributed by atoms with Crippen molar-refractivity contribution in [1.29, 1.82) is 0 Å². The van der Waals surface area contributed by atoms with Crippen LogP contribution in [0.1, 0.15) is 11.6 Å². The number of aromatic nitrogens is 4. The second-order valence-corrected chi connectivity index (χ2v) is 6.11. The quantitative estimate of drug-likeness (QED) is 0.748. The molecular weight excluding hydrogens is 330 g/mol. The fourth-order valence-corrected chi connectivity index (χ4v) is 2.99. The highest BCUT2D eigenvalue weighted by Gasteiger charge is 2.20. The molecule has 1 fully saturated rings. The highest BCUT2D eigenvalue weighted by molar-refractivity contribution is 5.50. The molecule has 8 nitrogen and oxygen atoms in total. The molecule has 0 saturated carbocycles. The molecule has 4 rings (SSSR count). The van der Waals surface area contributed by atoms with Crippen molar-refractivity contribution in [1.82, 2.24) is 19.9 Å². The molecule has 0 amide bonds. The second kappa shape index (κ2) is 7.38. The summed E-state index contributed by atoms with van der Waals surface area (Å²) in [5, 5.41) is 3.30. The third-order valence-corrected chi connectivity index (χ3v) is 4.29. The van der Waals surface area contributed by atoms with Crippen molar-refractivity contribution < 1.29 is 4.42 Å². The first-order chi connectivity index (χ1) is 12.8. The average molecular weight is 351 g/mol. The Bertz CT molecular complexity index is 830. The zero-order valence-corrected chi connectivity index (χ0v) is 14.7. The summed E-state index contributed by atoms with van der Waals surface area (Å²) >= 11 is 0. The van der Waals surface area contributed by atoms with Crippen LogP contribution in [0, 0.1) is 6.92 Å². The predicted molar refractivity (Wildman–Crippen MR) is 99.3 cm³/mol. The monoisotopic (exact) mass is 351 g/mol. The Labute approximate surface area is 151 Å². The molecule has 0 radical (unpaired) electrons. The summed E-state index contributed by atoms with van der Waals surface area (Å²) < 4.78 is 5.35. The molecule has 1 aliphatic heterocycles. The van der Waals surface area contributed by atoms with Crippen LogP contribution in [-0.2, 0) is 6.54 Å². The Morgan fingerprint density at radius 2 is 1.81 bits per heavy atom. The topological polar surface area (TPSA) is 83.2 Å². The Morgan fingerprint density at radius 3 is 2.54 bits per heavy atom. The van der Waals surface area contributed by atoms with E-state index in [1.165, 1.54) is 0 Å². The van der Waals surface area contributed by atoms with Gasteiger partial charge in [0.2, 0.25) is 5.95 Å². The van der Waals surface area contributed by atoms with Gasteiger partial charge in [-0.15, -0.1) is 0 Å². The van der Waals surface area contributed by atoms with E-state index < -0.39 is 0 Å². The third kappa shape index (κ3) is 3.74. The average Bonchev–Trinajstić information content (AvgIpc) is 3.20. The smallest absolute Gasteiger partial charge is 0.225 e. The molecule has 1 aliphatic rings. The van der Waals surface area contributed by atoms with Crippen molar-refractivity contribution >= 4 is 17.6 Å². The van der Waals surface area contributed by atoms with E-state index in [4.69, 9.17) is 4.42 Å². The Kier molecular flexibility index (Phi) is 4.63. The highest BCUT2D eigenvalue weighted by atomic mass is 16.3. The Morgan fingerprint density at radius 1 is 1.04 bits per heavy atom. The number of piperazine rings is 1. The maximum Gasteiger partial charge on any atom is 0.225 e. The fourth-order valence-electron chi connectivity index (χ4n) is 2.99. The van der Waals surface area contributed by atoms with Crippen LogP contribution in [0.5, 0.6) is 0 Å². The summed E-state index contributed by atoms with van der Waals surface area (Å²) in [6, 6.07) is 7.64. The first-order valence-corrected chi connectivity index (χ1v) is 8.67. The molecule has 1 N–H and O–H groups in total. The van der Waals surface area contributed by atoms with Gasteiger partial charge in [-0.3, -0.25) is 0 Å². The van der Waals surface area contributed by atoms with E-state index in [0.717, 1.165) is 55.3 Å². The van der Waals surface area contributed by atoms with E-state index in [0.29, 0.717) is 6.54 Å². The van der Waals surface area contributed by atoms with E-state index in [9.17, 15) is 0 Å². The molecule has 0 aromatic carbocycles. The lowest BCUT2D eigenvalue weighted by molar-refractivity contribution is 0.517. The van der Waals surface area contributed by atoms with E-state index in [2.05, 4.69) is 35.1 Å². The van der Waals surface area contributed by atoms with Gasteiger partial charge in [0.25, 0.3) is 0 Å². The van der Waals surface area contributed by atoms with Crippen LogP contribution in [0.15, 0.2) is 47.3 Å². The van der Waals surface area contributed by atoms with Gasteiger partial charge in [0.1, 0.15) is 23.2 Å². The lowest BCUT2D eigenvalue weighted by atomic mass is 10.3. The maximum absolute atomic E-state index is 5.35. The van der Waals surface area contributed by atoms with Crippen molar-refractivity contribution in [3.05, 3.63) is 54.5 Å². The molecule has 0 atom stereocenters. The molecule has 0 spiro atoms. The van der Waals surface area contributed by atoms with Gasteiger partial charge in [-0.1, -0.05) is 0 Å². The minimum absolute atomic E-state index is 0.599. The number of hydrogen-bond acceptors (Lipinski definition) is 8. The minimum Gasteiger partial charge on any atom is -0.467 e. The lowest BCUT2D eigenvalue weighted by Gasteiger charge is -2.35. The summed E-state index contributed by atoms with van der Waals surface area (Å²) in [6.45, 7) is 5.97. The molecule has 8 heteroatoms. The van der Waals surface area contributed by atoms with Crippen LogP contribution in [-0.4, -0.2) is 46.1 Å². The van der Waals surface area contributed by atoms with Gasteiger partial charge < -0.3 is 19.5 Å². The van der Waals surface area contributed by atoms with Gasteiger partial charge in [-0.25, -0.2) is 19.9 Å². The summed E-state index contributed by atoms with van der Waals surface area (Å²) in [6.07, 6.45) is 5.22. The normalized spacial score (nSPS) is 14.5. The van der Waals surface area contributed by atoms with E-state index in [1.807, 2.05) is 31.2 Å². The number of anilines is 3. The first kappa shape index (κ1) is 16.3. The summed E-state index contributed by atoms with van der Waals surface area (Å²) in [7, 11) is 0. The van der Waals surface area contributed by atoms with Crippen LogP contribution in [0.2, 0.25) is 0 Å². The van der Waals surface area contributed by atoms with Crippen LogP contribution in [0.25, 0.3) is 0 Å². The van der Waals surface area contributed by atoms with E-state index >= 15 is 0 Å². The molecule has 0 aliphatic carbocycles. The number of aryl methyl sites for hydroxylation is 1. The number of rotatable bonds is 5. The fraction of sp³-hybridized carbons (Fsp3) is 0.333. The standard InChI is InChI=1S/C18H21N7O/c1-14-22-16(21-13-15-4-2-11-26-15)12-17(23-14)24-7-9-25(10-8-24)18-19-5-3-6-20-18/h2-6,11-12H,7-10,13H2,1H3,(H,21,22,23). The molecular formula is C18H21N7O. The van der Waals surface area contributed by atoms with Crippen LogP contribution < -0.4 is 15.1 Å². The third-order valence-electron chi connectivity index (χ3n) is 4.29. The van der Waals surface area contributed by atoms with Crippen LogP contribution in [0.3, 0.4) is 0 Å². The number of nitrogens with one attached hydrogen (secondary N) is 1. The van der Waals surface area contributed by atoms with Crippen molar-refractivity contribution in [2.45, 2.75) is 13.5 Å². The zero-order chi connectivity index (χ0) is 17.8. The number of hydrogen-bond donors (Lipinski definition) is 1. The molecule has 0 bridgehead atoms. The molecule has 134 valence electrons. The molecule has 26 heavy (non-hydrogen) atoms. The number of furan rings is 1. The van der Waals surface area contributed by atoms with Crippen molar-refractivity contribution in [3.8, 4) is 0 Å². The summed E-state index contributed by atoms with van der Waals surface area (Å²) in [4.78, 5) is 22.2. The maximum atomic E-state index is 5.35. The second-order valence-electron chi connectivity index (χ2n) is 6.11. The van der Waals surface area contributed by atoms with Gasteiger partial charge in [-0.2, -0.15) is 0 Å². The Hall–Kier alpha value is -3.16. The first-order valence-electron chi connectivity index (χ1n) is 8.67. The van der Waals surface area contributed by atoms with Gasteiger partial charge in [0, 0.05) is 44.6 Å². The molecule has 3 aromatic heterocycles. The van der Waals surface area contributed by atoms with E-state index in [1.54, 1.807) is 18.7 Å². The molecule has 0 unspecified atom stereocenters. The van der Waals surface area contributed by atoms with E-state index in [-0.39, 0.29) is 0 Å². The van der Waals surface area contributed by atoms with Crippen molar-refractivity contribution in [2.75, 3.05) is 41.3 Å². The van der Waals surface area contributed by atoms with Gasteiger partial charge in [0.05, 0.1) is 12.8 Å². The number of nitrogens with zero attached hydrogens (tertiary/aromatic N) is 6. The van der Waals surface area contributed by atoms with Gasteiger partial charge >= 0.3 is 0 Å². The van der Waals surface area contributed by atoms with Crippen molar-refractivity contribution in [3.63, 3.8) is 0 Å². The van der Waals surface area contributed by atoms with Crippen LogP contribution in [0.4, 0.5) is 17.6 Å². The molecule has 3 aromatic rings. The van der Waals surface area contributed by atoms with Crippen LogP contribution >= 0.6 is 0 Å². The summed E-state index contributed by atoms with van der Waals surface area (Å²) in [5.41, 5.74) is 0. The Balaban J connectivity index is 1.41. The lowest BCUT2D eigenvalue weighted by Crippen LogP contribution is -2.47.